The SMILES string of the molecule is CCC(C)Sc1c(N)c(C)nn1C(C)C. The summed E-state index contributed by atoms with van der Waals surface area (Å²) in [7, 11) is 0. The molecule has 0 saturated heterocycles. The Morgan fingerprint density at radius 3 is 2.47 bits per heavy atom. The molecule has 4 heteroatoms. The van der Waals surface area contributed by atoms with Crippen LogP contribution in [0.1, 0.15) is 45.9 Å². The Balaban J connectivity index is 3.02. The minimum atomic E-state index is 0.368. The molecular formula is C11H21N3S. The van der Waals surface area contributed by atoms with Gasteiger partial charge >= 0.3 is 0 Å². The number of aryl methyl sites for hydroxylation is 1. The molecule has 0 amide bonds. The second-order valence-electron chi connectivity index (χ2n) is 4.18. The molecule has 0 aliphatic heterocycles. The van der Waals surface area contributed by atoms with Crippen LogP contribution in [0.15, 0.2) is 5.03 Å². The summed E-state index contributed by atoms with van der Waals surface area (Å²) in [5, 5.41) is 6.17. The second kappa shape index (κ2) is 4.92. The third-order valence-electron chi connectivity index (χ3n) is 2.46. The van der Waals surface area contributed by atoms with E-state index in [1.165, 1.54) is 0 Å². The molecule has 86 valence electrons. The van der Waals surface area contributed by atoms with Crippen molar-refractivity contribution in [1.29, 1.82) is 0 Å². The highest BCUT2D eigenvalue weighted by molar-refractivity contribution is 8.00. The van der Waals surface area contributed by atoms with Gasteiger partial charge in [-0.1, -0.05) is 13.8 Å². The van der Waals surface area contributed by atoms with Gasteiger partial charge in [-0.3, -0.25) is 4.68 Å². The summed E-state index contributed by atoms with van der Waals surface area (Å²) < 4.78 is 2.03. The number of hydrogen-bond donors (Lipinski definition) is 1. The lowest BCUT2D eigenvalue weighted by molar-refractivity contribution is 0.490. The lowest BCUT2D eigenvalue weighted by Crippen LogP contribution is -2.06. The zero-order valence-electron chi connectivity index (χ0n) is 10.2. The summed E-state index contributed by atoms with van der Waals surface area (Å²) >= 11 is 1.82. The Bertz CT molecular complexity index is 331. The molecule has 0 spiro atoms. The Morgan fingerprint density at radius 2 is 2.00 bits per heavy atom. The predicted octanol–water partition coefficient (Wildman–Crippen LogP) is 3.25. The molecular weight excluding hydrogens is 206 g/mol. The number of nitrogen functional groups attached to an aromatic ring is 1. The molecule has 1 aromatic rings. The number of nitrogens with zero attached hydrogens (tertiary/aromatic N) is 2. The van der Waals surface area contributed by atoms with Gasteiger partial charge in [0.25, 0.3) is 0 Å². The van der Waals surface area contributed by atoms with Gasteiger partial charge in [0.15, 0.2) is 0 Å². The second-order valence-corrected chi connectivity index (χ2v) is 5.61. The molecule has 0 bridgehead atoms. The highest BCUT2D eigenvalue weighted by Crippen LogP contribution is 2.33. The van der Waals surface area contributed by atoms with E-state index < -0.39 is 0 Å². The molecule has 0 radical (unpaired) electrons. The van der Waals surface area contributed by atoms with Crippen molar-refractivity contribution in [2.75, 3.05) is 5.73 Å². The van der Waals surface area contributed by atoms with Gasteiger partial charge in [-0.2, -0.15) is 5.10 Å². The van der Waals surface area contributed by atoms with Gasteiger partial charge in [-0.25, -0.2) is 0 Å². The maximum atomic E-state index is 6.04. The molecule has 1 aromatic heterocycles. The van der Waals surface area contributed by atoms with Crippen LogP contribution in [0.25, 0.3) is 0 Å². The number of rotatable bonds is 4. The van der Waals surface area contributed by atoms with E-state index in [2.05, 4.69) is 32.8 Å². The summed E-state index contributed by atoms with van der Waals surface area (Å²) in [6.45, 7) is 10.6. The van der Waals surface area contributed by atoms with E-state index in [0.717, 1.165) is 22.8 Å². The number of nitrogens with two attached hydrogens (primary N) is 1. The first-order valence-electron chi connectivity index (χ1n) is 5.48. The van der Waals surface area contributed by atoms with E-state index in [1.807, 2.05) is 23.4 Å². The summed E-state index contributed by atoms with van der Waals surface area (Å²) in [5.74, 6) is 0. The largest absolute Gasteiger partial charge is 0.395 e. The maximum absolute atomic E-state index is 6.04. The van der Waals surface area contributed by atoms with E-state index >= 15 is 0 Å². The standard InChI is InChI=1S/C11H21N3S/c1-6-8(4)15-11-10(12)9(5)13-14(11)7(2)3/h7-8H,6,12H2,1-5H3. The molecule has 15 heavy (non-hydrogen) atoms. The molecule has 1 heterocycles. The fourth-order valence-electron chi connectivity index (χ4n) is 1.28. The zero-order valence-corrected chi connectivity index (χ0v) is 11.1. The average Bonchev–Trinajstić information content (AvgIpc) is 2.46. The lowest BCUT2D eigenvalue weighted by Gasteiger charge is -2.13. The zero-order chi connectivity index (χ0) is 11.6. The fraction of sp³-hybridized carbons (Fsp3) is 0.727. The Hall–Kier alpha value is -0.640. The van der Waals surface area contributed by atoms with Crippen molar-refractivity contribution in [3.63, 3.8) is 0 Å². The number of anilines is 1. The molecule has 2 N–H and O–H groups in total. The van der Waals surface area contributed by atoms with E-state index in [4.69, 9.17) is 5.73 Å². The van der Waals surface area contributed by atoms with Crippen LogP contribution >= 0.6 is 11.8 Å². The van der Waals surface area contributed by atoms with Crippen molar-refractivity contribution in [1.82, 2.24) is 9.78 Å². The van der Waals surface area contributed by atoms with Crippen LogP contribution in [0.4, 0.5) is 5.69 Å². The van der Waals surface area contributed by atoms with Gasteiger partial charge < -0.3 is 5.73 Å². The predicted molar refractivity (Wildman–Crippen MR) is 67.4 cm³/mol. The fourth-order valence-corrected chi connectivity index (χ4v) is 2.46. The van der Waals surface area contributed by atoms with Crippen molar-refractivity contribution >= 4 is 17.4 Å². The highest BCUT2D eigenvalue weighted by atomic mass is 32.2. The number of hydrogen-bond acceptors (Lipinski definition) is 3. The average molecular weight is 227 g/mol. The van der Waals surface area contributed by atoms with Crippen LogP contribution in [0.5, 0.6) is 0 Å². The minimum absolute atomic E-state index is 0.368. The molecule has 0 fully saturated rings. The smallest absolute Gasteiger partial charge is 0.118 e. The summed E-state index contributed by atoms with van der Waals surface area (Å²) in [5.41, 5.74) is 7.82. The van der Waals surface area contributed by atoms with E-state index in [1.54, 1.807) is 0 Å². The molecule has 0 saturated carbocycles. The minimum Gasteiger partial charge on any atom is -0.395 e. The Labute approximate surface area is 96.4 Å². The van der Waals surface area contributed by atoms with Crippen molar-refractivity contribution in [2.45, 2.75) is 57.4 Å². The van der Waals surface area contributed by atoms with Crippen LogP contribution in [-0.4, -0.2) is 15.0 Å². The van der Waals surface area contributed by atoms with Crippen LogP contribution < -0.4 is 5.73 Å². The van der Waals surface area contributed by atoms with Crippen molar-refractivity contribution < 1.29 is 0 Å². The van der Waals surface area contributed by atoms with E-state index in [-0.39, 0.29) is 0 Å². The van der Waals surface area contributed by atoms with Crippen molar-refractivity contribution in [2.24, 2.45) is 0 Å². The molecule has 0 aliphatic carbocycles. The normalized spacial score (nSPS) is 13.5. The van der Waals surface area contributed by atoms with E-state index in [0.29, 0.717) is 11.3 Å². The molecule has 3 nitrogen and oxygen atoms in total. The monoisotopic (exact) mass is 227 g/mol. The first-order chi connectivity index (χ1) is 6.97. The molecule has 0 aliphatic rings. The molecule has 1 atom stereocenters. The molecule has 1 rings (SSSR count). The Kier molecular flexibility index (Phi) is 4.08. The topological polar surface area (TPSA) is 43.8 Å². The van der Waals surface area contributed by atoms with Gasteiger partial charge in [-0.05, 0) is 27.2 Å². The third kappa shape index (κ3) is 2.68. The number of thioether (sulfide) groups is 1. The van der Waals surface area contributed by atoms with Crippen molar-refractivity contribution in [3.8, 4) is 0 Å². The van der Waals surface area contributed by atoms with Gasteiger partial charge in [-0.15, -0.1) is 11.8 Å². The first-order valence-corrected chi connectivity index (χ1v) is 6.36. The quantitative estimate of drug-likeness (QED) is 0.803. The summed E-state index contributed by atoms with van der Waals surface area (Å²) in [6, 6.07) is 0.368. The first kappa shape index (κ1) is 12.4. The van der Waals surface area contributed by atoms with Crippen LogP contribution in [-0.2, 0) is 0 Å². The van der Waals surface area contributed by atoms with Gasteiger partial charge in [0, 0.05) is 11.3 Å². The summed E-state index contributed by atoms with van der Waals surface area (Å²) in [4.78, 5) is 0. The van der Waals surface area contributed by atoms with Gasteiger partial charge in [0.2, 0.25) is 0 Å². The summed E-state index contributed by atoms with van der Waals surface area (Å²) in [6.07, 6.45) is 1.15. The van der Waals surface area contributed by atoms with Crippen LogP contribution in [0.2, 0.25) is 0 Å². The Morgan fingerprint density at radius 1 is 1.40 bits per heavy atom. The van der Waals surface area contributed by atoms with Crippen molar-refractivity contribution in [3.05, 3.63) is 5.69 Å². The van der Waals surface area contributed by atoms with E-state index in [9.17, 15) is 0 Å². The third-order valence-corrected chi connectivity index (χ3v) is 3.83. The highest BCUT2D eigenvalue weighted by Gasteiger charge is 2.16. The van der Waals surface area contributed by atoms with Gasteiger partial charge in [0.1, 0.15) is 5.03 Å². The van der Waals surface area contributed by atoms with Crippen LogP contribution in [0.3, 0.4) is 0 Å². The number of aromatic nitrogens is 2. The molecule has 0 aromatic carbocycles. The lowest BCUT2D eigenvalue weighted by atomic mass is 10.4. The molecule has 1 unspecified atom stereocenters. The van der Waals surface area contributed by atoms with Gasteiger partial charge in [0.05, 0.1) is 11.4 Å². The van der Waals surface area contributed by atoms with Crippen LogP contribution in [0, 0.1) is 6.92 Å². The maximum Gasteiger partial charge on any atom is 0.118 e.